The molecule has 0 spiro atoms. The van der Waals surface area contributed by atoms with Crippen LogP contribution in [0.1, 0.15) is 13.8 Å². The van der Waals surface area contributed by atoms with Crippen LogP contribution in [-0.2, 0) is 14.8 Å². The molecule has 1 heterocycles. The van der Waals surface area contributed by atoms with Gasteiger partial charge in [-0.15, -0.1) is 0 Å². The number of aromatic nitrogens is 1. The fraction of sp³-hybridized carbons (Fsp3) is 0.263. The molecule has 9 heteroatoms. The molecule has 0 fully saturated rings. The van der Waals surface area contributed by atoms with E-state index in [1.807, 2.05) is 24.3 Å². The molecule has 0 aliphatic rings. The van der Waals surface area contributed by atoms with Crippen LogP contribution in [0, 0.1) is 0 Å². The molecule has 0 atom stereocenters. The Morgan fingerprint density at radius 1 is 1.11 bits per heavy atom. The Kier molecular flexibility index (Phi) is 6.38. The van der Waals surface area contributed by atoms with E-state index in [1.165, 1.54) is 28.2 Å². The highest BCUT2D eigenvalue weighted by molar-refractivity contribution is 7.99. The first-order valence-electron chi connectivity index (χ1n) is 8.82. The number of carbonyl (C=O) groups is 1. The van der Waals surface area contributed by atoms with E-state index in [0.29, 0.717) is 29.6 Å². The summed E-state index contributed by atoms with van der Waals surface area (Å²) in [5.41, 5.74) is 1.95. The molecule has 0 saturated carbocycles. The molecule has 148 valence electrons. The van der Waals surface area contributed by atoms with Crippen LogP contribution in [0.4, 0.5) is 5.69 Å². The van der Waals surface area contributed by atoms with Gasteiger partial charge in [-0.25, -0.2) is 13.4 Å². The van der Waals surface area contributed by atoms with Crippen molar-refractivity contribution in [3.8, 4) is 0 Å². The number of hydrogen-bond acceptors (Lipinski definition) is 6. The van der Waals surface area contributed by atoms with Gasteiger partial charge in [0.1, 0.15) is 5.52 Å². The summed E-state index contributed by atoms with van der Waals surface area (Å²) in [6.45, 7) is 4.41. The highest BCUT2D eigenvalue weighted by atomic mass is 32.2. The Bertz CT molecular complexity index is 1030. The largest absolute Gasteiger partial charge is 0.431 e. The minimum Gasteiger partial charge on any atom is -0.431 e. The lowest BCUT2D eigenvalue weighted by Gasteiger charge is -2.18. The third kappa shape index (κ3) is 4.54. The number of sulfonamides is 1. The molecule has 0 bridgehead atoms. The first-order chi connectivity index (χ1) is 13.4. The molecule has 0 saturated heterocycles. The summed E-state index contributed by atoms with van der Waals surface area (Å²) in [4.78, 5) is 16.7. The van der Waals surface area contributed by atoms with E-state index in [4.69, 9.17) is 4.42 Å². The molecule has 28 heavy (non-hydrogen) atoms. The minimum absolute atomic E-state index is 0.131. The van der Waals surface area contributed by atoms with Crippen molar-refractivity contribution in [1.82, 2.24) is 9.29 Å². The maximum Gasteiger partial charge on any atom is 0.257 e. The topological polar surface area (TPSA) is 92.5 Å². The van der Waals surface area contributed by atoms with E-state index in [-0.39, 0.29) is 16.6 Å². The molecular formula is C19H21N3O4S2. The van der Waals surface area contributed by atoms with Crippen molar-refractivity contribution in [2.75, 3.05) is 24.2 Å². The van der Waals surface area contributed by atoms with Gasteiger partial charge in [-0.1, -0.05) is 37.7 Å². The van der Waals surface area contributed by atoms with Gasteiger partial charge in [0, 0.05) is 18.8 Å². The first kappa shape index (κ1) is 20.4. The molecule has 2 aromatic carbocycles. The minimum atomic E-state index is -3.51. The number of oxazole rings is 1. The summed E-state index contributed by atoms with van der Waals surface area (Å²) in [6, 6.07) is 13.6. The predicted octanol–water partition coefficient (Wildman–Crippen LogP) is 3.59. The molecule has 0 aliphatic carbocycles. The number of hydrogen-bond donors (Lipinski definition) is 1. The molecule has 0 unspecified atom stereocenters. The van der Waals surface area contributed by atoms with Crippen LogP contribution in [0.25, 0.3) is 11.1 Å². The molecule has 3 aromatic rings. The number of para-hydroxylation sites is 2. The standard InChI is InChI=1S/C19H21N3O4S2/c1-3-22(4-2)28(24,25)15-11-9-14(10-12-15)20-18(23)13-27-19-21-16-7-5-6-8-17(16)26-19/h5-12H,3-4,13H2,1-2H3,(H,20,23). The SMILES string of the molecule is CCN(CC)S(=O)(=O)c1ccc(NC(=O)CSc2nc3ccccc3o2)cc1. The third-order valence-electron chi connectivity index (χ3n) is 4.08. The van der Waals surface area contributed by atoms with Gasteiger partial charge in [-0.05, 0) is 36.4 Å². The first-order valence-corrected chi connectivity index (χ1v) is 11.2. The fourth-order valence-electron chi connectivity index (χ4n) is 2.66. The van der Waals surface area contributed by atoms with E-state index in [2.05, 4.69) is 10.3 Å². The Morgan fingerprint density at radius 2 is 1.79 bits per heavy atom. The van der Waals surface area contributed by atoms with Crippen LogP contribution in [0.3, 0.4) is 0 Å². The summed E-state index contributed by atoms with van der Waals surface area (Å²) in [6.07, 6.45) is 0. The second-order valence-electron chi connectivity index (χ2n) is 5.90. The maximum absolute atomic E-state index is 12.5. The van der Waals surface area contributed by atoms with Crippen molar-refractivity contribution >= 4 is 44.5 Å². The summed E-state index contributed by atoms with van der Waals surface area (Å²) >= 11 is 1.20. The number of nitrogens with one attached hydrogen (secondary N) is 1. The van der Waals surface area contributed by atoms with Crippen molar-refractivity contribution in [2.45, 2.75) is 24.0 Å². The Balaban J connectivity index is 1.59. The van der Waals surface area contributed by atoms with Gasteiger partial charge in [-0.3, -0.25) is 4.79 Å². The zero-order valence-corrected chi connectivity index (χ0v) is 17.2. The van der Waals surface area contributed by atoms with Crippen LogP contribution >= 0.6 is 11.8 Å². The molecule has 1 aromatic heterocycles. The number of anilines is 1. The third-order valence-corrected chi connectivity index (χ3v) is 6.97. The lowest BCUT2D eigenvalue weighted by Crippen LogP contribution is -2.30. The molecule has 0 aliphatic heterocycles. The summed E-state index contributed by atoms with van der Waals surface area (Å²) in [7, 11) is -3.51. The van der Waals surface area contributed by atoms with Crippen molar-refractivity contribution in [1.29, 1.82) is 0 Å². The quantitative estimate of drug-likeness (QED) is 0.561. The number of fused-ring (bicyclic) bond motifs is 1. The number of carbonyl (C=O) groups excluding carboxylic acids is 1. The van der Waals surface area contributed by atoms with Gasteiger partial charge in [0.2, 0.25) is 15.9 Å². The maximum atomic E-state index is 12.5. The van der Waals surface area contributed by atoms with Gasteiger partial charge in [0.25, 0.3) is 5.22 Å². The predicted molar refractivity (Wildman–Crippen MR) is 110 cm³/mol. The highest BCUT2D eigenvalue weighted by Crippen LogP contribution is 2.23. The molecule has 0 radical (unpaired) electrons. The molecule has 7 nitrogen and oxygen atoms in total. The number of rotatable bonds is 8. The van der Waals surface area contributed by atoms with Crippen molar-refractivity contribution in [3.63, 3.8) is 0 Å². The van der Waals surface area contributed by atoms with Crippen LogP contribution in [-0.4, -0.2) is 42.5 Å². The number of thioether (sulfide) groups is 1. The molecular weight excluding hydrogens is 398 g/mol. The van der Waals surface area contributed by atoms with Crippen LogP contribution < -0.4 is 5.32 Å². The van der Waals surface area contributed by atoms with Crippen molar-refractivity contribution in [2.24, 2.45) is 0 Å². The van der Waals surface area contributed by atoms with Crippen molar-refractivity contribution < 1.29 is 17.6 Å². The van der Waals surface area contributed by atoms with Crippen LogP contribution in [0.15, 0.2) is 63.1 Å². The van der Waals surface area contributed by atoms with E-state index in [1.54, 1.807) is 26.0 Å². The summed E-state index contributed by atoms with van der Waals surface area (Å²) in [5, 5.41) is 3.17. The van der Waals surface area contributed by atoms with E-state index >= 15 is 0 Å². The Labute approximate surface area is 168 Å². The van der Waals surface area contributed by atoms with Crippen LogP contribution in [0.5, 0.6) is 0 Å². The summed E-state index contributed by atoms with van der Waals surface area (Å²) in [5.74, 6) is -0.0987. The average Bonchev–Trinajstić information content (AvgIpc) is 3.10. The Hall–Kier alpha value is -2.36. The van der Waals surface area contributed by atoms with Gasteiger partial charge in [0.05, 0.1) is 10.6 Å². The second kappa shape index (κ2) is 8.76. The normalized spacial score (nSPS) is 11.8. The number of amides is 1. The van der Waals surface area contributed by atoms with Gasteiger partial charge in [0.15, 0.2) is 5.58 Å². The monoisotopic (exact) mass is 419 g/mol. The van der Waals surface area contributed by atoms with E-state index in [9.17, 15) is 13.2 Å². The fourth-order valence-corrected chi connectivity index (χ4v) is 4.76. The van der Waals surface area contributed by atoms with Gasteiger partial charge in [-0.2, -0.15) is 4.31 Å². The van der Waals surface area contributed by atoms with E-state index < -0.39 is 10.0 Å². The zero-order chi connectivity index (χ0) is 20.1. The highest BCUT2D eigenvalue weighted by Gasteiger charge is 2.21. The van der Waals surface area contributed by atoms with Gasteiger partial charge < -0.3 is 9.73 Å². The lowest BCUT2D eigenvalue weighted by molar-refractivity contribution is -0.113. The van der Waals surface area contributed by atoms with Gasteiger partial charge >= 0.3 is 0 Å². The van der Waals surface area contributed by atoms with Crippen molar-refractivity contribution in [3.05, 3.63) is 48.5 Å². The average molecular weight is 420 g/mol. The molecule has 1 amide bonds. The second-order valence-corrected chi connectivity index (χ2v) is 8.76. The van der Waals surface area contributed by atoms with E-state index in [0.717, 1.165) is 5.52 Å². The van der Waals surface area contributed by atoms with Crippen LogP contribution in [0.2, 0.25) is 0 Å². The number of nitrogens with zero attached hydrogens (tertiary/aromatic N) is 2. The lowest BCUT2D eigenvalue weighted by atomic mass is 10.3. The summed E-state index contributed by atoms with van der Waals surface area (Å²) < 4.78 is 31.9. The number of benzene rings is 2. The zero-order valence-electron chi connectivity index (χ0n) is 15.6. The molecule has 3 rings (SSSR count). The molecule has 1 N–H and O–H groups in total. The Morgan fingerprint density at radius 3 is 2.43 bits per heavy atom. The smallest absolute Gasteiger partial charge is 0.257 e.